The Morgan fingerprint density at radius 2 is 1.68 bits per heavy atom. The molecule has 0 fully saturated rings. The van der Waals surface area contributed by atoms with Gasteiger partial charge in [0.25, 0.3) is 0 Å². The molecule has 0 radical (unpaired) electrons. The maximum Gasteiger partial charge on any atom is 0.412 e. The van der Waals surface area contributed by atoms with Crippen LogP contribution in [-0.4, -0.2) is 29.0 Å². The van der Waals surface area contributed by atoms with Crippen molar-refractivity contribution in [3.05, 3.63) is 102 Å². The van der Waals surface area contributed by atoms with E-state index in [0.29, 0.717) is 11.4 Å². The monoisotopic (exact) mass is 461 g/mol. The summed E-state index contributed by atoms with van der Waals surface area (Å²) in [6.45, 7) is -0.247. The Hall–Kier alpha value is -4.10. The number of carbonyl (C=O) groups is 1. The number of halogens is 1. The average molecular weight is 461 g/mol. The number of para-hydroxylation sites is 1. The Balaban J connectivity index is 1.63. The number of hydrogen-bond donors (Lipinski definition) is 3. The van der Waals surface area contributed by atoms with Crippen LogP contribution in [0.4, 0.5) is 14.9 Å². The Kier molecular flexibility index (Phi) is 7.25. The molecule has 0 heterocycles. The van der Waals surface area contributed by atoms with Gasteiger partial charge in [-0.05, 0) is 41.3 Å². The van der Waals surface area contributed by atoms with E-state index in [9.17, 15) is 19.4 Å². The van der Waals surface area contributed by atoms with E-state index in [1.54, 1.807) is 30.3 Å². The van der Waals surface area contributed by atoms with E-state index in [4.69, 9.17) is 9.47 Å². The maximum atomic E-state index is 14.2. The molecule has 4 aromatic rings. The van der Waals surface area contributed by atoms with Crippen LogP contribution < -0.4 is 10.1 Å². The van der Waals surface area contributed by atoms with E-state index in [1.807, 2.05) is 42.5 Å². The molecule has 4 rings (SSSR count). The lowest BCUT2D eigenvalue weighted by Crippen LogP contribution is -2.32. The molecule has 3 N–H and O–H groups in total. The molecule has 0 aliphatic rings. The van der Waals surface area contributed by atoms with Crippen molar-refractivity contribution >= 4 is 22.6 Å². The molecule has 2 atom stereocenters. The quantitative estimate of drug-likeness (QED) is 0.308. The number of amides is 1. The number of aliphatic hydroxyl groups excluding tert-OH is 1. The lowest BCUT2D eigenvalue weighted by atomic mass is 10.0. The van der Waals surface area contributed by atoms with Crippen LogP contribution in [0, 0.1) is 5.82 Å². The standard InChI is InChI=1S/C27H24FNO5/c28-22-17-19(13-14-24(22)31)26(25(15-16-30)33-20-9-2-1-3-10-20)34-27(32)29-23-12-6-8-18-7-4-5-11-21(18)23/h1-14,17,25-26,30-31H,15-16H2,(H,29,32)/t25-,26-/m1/s1. The second-order valence-electron chi connectivity index (χ2n) is 7.67. The number of aromatic hydroxyl groups is 1. The van der Waals surface area contributed by atoms with Crippen LogP contribution in [0.5, 0.6) is 11.5 Å². The molecular formula is C27H24FNO5. The first kappa shape index (κ1) is 23.1. The molecule has 0 aliphatic carbocycles. The van der Waals surface area contributed by atoms with Gasteiger partial charge in [-0.3, -0.25) is 5.32 Å². The molecule has 0 bridgehead atoms. The van der Waals surface area contributed by atoms with E-state index >= 15 is 0 Å². The summed E-state index contributed by atoms with van der Waals surface area (Å²) >= 11 is 0. The highest BCUT2D eigenvalue weighted by Gasteiger charge is 2.30. The summed E-state index contributed by atoms with van der Waals surface area (Å²) in [5, 5.41) is 23.8. The smallest absolute Gasteiger partial charge is 0.412 e. The fraction of sp³-hybridized carbons (Fsp3) is 0.148. The molecule has 0 saturated heterocycles. The number of carbonyl (C=O) groups excluding carboxylic acids is 1. The zero-order valence-corrected chi connectivity index (χ0v) is 18.2. The average Bonchev–Trinajstić information content (AvgIpc) is 2.85. The van der Waals surface area contributed by atoms with Gasteiger partial charge in [0, 0.05) is 18.4 Å². The number of fused-ring (bicyclic) bond motifs is 1. The third kappa shape index (κ3) is 5.44. The predicted molar refractivity (Wildman–Crippen MR) is 127 cm³/mol. The molecule has 7 heteroatoms. The van der Waals surface area contributed by atoms with Crippen LogP contribution >= 0.6 is 0 Å². The van der Waals surface area contributed by atoms with Crippen molar-refractivity contribution < 1.29 is 28.9 Å². The van der Waals surface area contributed by atoms with Crippen LogP contribution in [-0.2, 0) is 4.74 Å². The summed E-state index contributed by atoms with van der Waals surface area (Å²) in [5.41, 5.74) is 0.833. The third-order valence-electron chi connectivity index (χ3n) is 5.34. The van der Waals surface area contributed by atoms with Crippen LogP contribution in [0.15, 0.2) is 91.0 Å². The normalized spacial score (nSPS) is 12.6. The molecule has 0 spiro atoms. The minimum atomic E-state index is -1.07. The molecule has 0 unspecified atom stereocenters. The van der Waals surface area contributed by atoms with Crippen molar-refractivity contribution in [2.45, 2.75) is 18.6 Å². The summed E-state index contributed by atoms with van der Waals surface area (Å²) in [5.74, 6) is -0.878. The highest BCUT2D eigenvalue weighted by Crippen LogP contribution is 2.31. The van der Waals surface area contributed by atoms with Crippen LogP contribution in [0.2, 0.25) is 0 Å². The van der Waals surface area contributed by atoms with Crippen molar-refractivity contribution in [2.24, 2.45) is 0 Å². The predicted octanol–water partition coefficient (Wildman–Crippen LogP) is 5.80. The maximum absolute atomic E-state index is 14.2. The third-order valence-corrected chi connectivity index (χ3v) is 5.34. The lowest BCUT2D eigenvalue weighted by molar-refractivity contribution is 0.00893. The molecular weight excluding hydrogens is 437 g/mol. The number of aliphatic hydroxyl groups is 1. The first-order chi connectivity index (χ1) is 16.5. The minimum Gasteiger partial charge on any atom is -0.505 e. The Labute approximate surface area is 196 Å². The first-order valence-electron chi connectivity index (χ1n) is 10.8. The Bertz CT molecular complexity index is 1260. The minimum absolute atomic E-state index is 0.115. The van der Waals surface area contributed by atoms with Crippen molar-refractivity contribution in [3.63, 3.8) is 0 Å². The number of phenols is 1. The number of ether oxygens (including phenoxy) is 2. The Morgan fingerprint density at radius 3 is 2.44 bits per heavy atom. The van der Waals surface area contributed by atoms with Crippen LogP contribution in [0.25, 0.3) is 10.8 Å². The van der Waals surface area contributed by atoms with E-state index in [0.717, 1.165) is 16.8 Å². The summed E-state index contributed by atoms with van der Waals surface area (Å²) in [6, 6.07) is 25.7. The highest BCUT2D eigenvalue weighted by molar-refractivity contribution is 6.00. The fourth-order valence-corrected chi connectivity index (χ4v) is 3.72. The van der Waals surface area contributed by atoms with Gasteiger partial charge >= 0.3 is 6.09 Å². The molecule has 6 nitrogen and oxygen atoms in total. The van der Waals surface area contributed by atoms with Crippen molar-refractivity contribution in [1.82, 2.24) is 0 Å². The molecule has 4 aromatic carbocycles. The summed E-state index contributed by atoms with van der Waals surface area (Å²) in [7, 11) is 0. The number of anilines is 1. The summed E-state index contributed by atoms with van der Waals surface area (Å²) in [6.07, 6.45) is -2.55. The van der Waals surface area contributed by atoms with Crippen molar-refractivity contribution in [3.8, 4) is 11.5 Å². The van der Waals surface area contributed by atoms with Gasteiger partial charge < -0.3 is 19.7 Å². The van der Waals surface area contributed by atoms with Gasteiger partial charge in [-0.15, -0.1) is 0 Å². The zero-order chi connectivity index (χ0) is 23.9. The number of rotatable bonds is 8. The molecule has 0 aromatic heterocycles. The second-order valence-corrected chi connectivity index (χ2v) is 7.67. The van der Waals surface area contributed by atoms with Gasteiger partial charge in [-0.25, -0.2) is 9.18 Å². The second kappa shape index (κ2) is 10.7. The largest absolute Gasteiger partial charge is 0.505 e. The van der Waals surface area contributed by atoms with Crippen molar-refractivity contribution in [2.75, 3.05) is 11.9 Å². The van der Waals surface area contributed by atoms with Crippen molar-refractivity contribution in [1.29, 1.82) is 0 Å². The van der Waals surface area contributed by atoms with Gasteiger partial charge in [0.15, 0.2) is 17.7 Å². The van der Waals surface area contributed by atoms with E-state index in [1.165, 1.54) is 12.1 Å². The van der Waals surface area contributed by atoms with Crippen LogP contribution in [0.1, 0.15) is 18.1 Å². The van der Waals surface area contributed by atoms with Gasteiger partial charge in [0.2, 0.25) is 0 Å². The molecule has 0 saturated carbocycles. The number of nitrogens with one attached hydrogen (secondary N) is 1. The lowest BCUT2D eigenvalue weighted by Gasteiger charge is -2.28. The fourth-order valence-electron chi connectivity index (χ4n) is 3.72. The molecule has 0 aliphatic heterocycles. The Morgan fingerprint density at radius 1 is 0.941 bits per heavy atom. The van der Waals surface area contributed by atoms with Gasteiger partial charge in [0.05, 0.1) is 5.69 Å². The molecule has 174 valence electrons. The van der Waals surface area contributed by atoms with Gasteiger partial charge in [-0.2, -0.15) is 0 Å². The van der Waals surface area contributed by atoms with Crippen LogP contribution in [0.3, 0.4) is 0 Å². The highest BCUT2D eigenvalue weighted by atomic mass is 19.1. The number of phenolic OH excluding ortho intramolecular Hbond substituents is 1. The van der Waals surface area contributed by atoms with E-state index in [2.05, 4.69) is 5.32 Å². The number of hydrogen-bond acceptors (Lipinski definition) is 5. The van der Waals surface area contributed by atoms with E-state index in [-0.39, 0.29) is 18.6 Å². The topological polar surface area (TPSA) is 88.0 Å². The molecule has 34 heavy (non-hydrogen) atoms. The summed E-state index contributed by atoms with van der Waals surface area (Å²) in [4.78, 5) is 13.0. The van der Waals surface area contributed by atoms with Gasteiger partial charge in [-0.1, -0.05) is 60.7 Å². The number of benzene rings is 4. The SMILES string of the molecule is O=C(Nc1cccc2ccccc12)O[C@H](c1ccc(O)c(F)c1)[C@@H](CCO)Oc1ccccc1. The zero-order valence-electron chi connectivity index (χ0n) is 18.2. The summed E-state index contributed by atoms with van der Waals surface area (Å²) < 4.78 is 25.9. The van der Waals surface area contributed by atoms with E-state index < -0.39 is 29.9 Å². The molecule has 1 amide bonds. The van der Waals surface area contributed by atoms with Gasteiger partial charge in [0.1, 0.15) is 11.9 Å². The first-order valence-corrected chi connectivity index (χ1v) is 10.8.